The summed E-state index contributed by atoms with van der Waals surface area (Å²) in [4.78, 5) is 0. The fourth-order valence-corrected chi connectivity index (χ4v) is 0.735. The van der Waals surface area contributed by atoms with Crippen molar-refractivity contribution in [3.63, 3.8) is 0 Å². The molecule has 0 amide bonds. The minimum absolute atomic E-state index is 0.0714. The van der Waals surface area contributed by atoms with Crippen molar-refractivity contribution in [1.29, 1.82) is 0 Å². The lowest BCUT2D eigenvalue weighted by Gasteiger charge is -1.99. The van der Waals surface area contributed by atoms with Crippen LogP contribution in [0.4, 0.5) is 0 Å². The second-order valence-electron chi connectivity index (χ2n) is 1.43. The number of benzene rings is 1. The molecule has 3 heteroatoms. The first-order valence-electron chi connectivity index (χ1n) is 5.29. The monoisotopic (exact) mass is 226 g/mol. The average molecular weight is 228 g/mol. The summed E-state index contributed by atoms with van der Waals surface area (Å²) in [6.45, 7) is 0. The summed E-state index contributed by atoms with van der Waals surface area (Å²) < 4.78 is 47.7. The van der Waals surface area contributed by atoms with Crippen LogP contribution >= 0.6 is 27.5 Å². The van der Waals surface area contributed by atoms with E-state index in [-0.39, 0.29) is 15.5 Å². The van der Waals surface area contributed by atoms with Crippen molar-refractivity contribution in [2.45, 2.75) is 0 Å². The molecule has 0 saturated carbocycles. The van der Waals surface area contributed by atoms with Crippen LogP contribution in [-0.4, -0.2) is 7.04 Å². The molecule has 10 heavy (non-hydrogen) atoms. The second kappa shape index (κ2) is 3.26. The van der Waals surface area contributed by atoms with Crippen LogP contribution in [0.2, 0.25) is 5.02 Å². The smallest absolute Gasteiger partial charge is 0.120 e. The molecule has 1 aromatic rings. The lowest BCUT2D eigenvalue weighted by molar-refractivity contribution is 0.415. The normalized spacial score (nSPS) is 19.4. The fourth-order valence-electron chi connectivity index (χ4n) is 0.403. The Bertz CT molecular complexity index is 403. The van der Waals surface area contributed by atoms with E-state index in [0.29, 0.717) is 0 Å². The van der Waals surface area contributed by atoms with Gasteiger partial charge in [0.25, 0.3) is 0 Å². The van der Waals surface area contributed by atoms with Gasteiger partial charge in [-0.25, -0.2) is 0 Å². The molecule has 0 aliphatic carbocycles. The average Bonchev–Trinajstić information content (AvgIpc) is 2.17. The zero-order valence-corrected chi connectivity index (χ0v) is 7.01. The molecule has 0 aliphatic heterocycles. The lowest BCUT2D eigenvalue weighted by Crippen LogP contribution is -1.81. The molecule has 0 atom stereocenters. The first-order valence-corrected chi connectivity index (χ1v) is 3.46. The van der Waals surface area contributed by atoms with Crippen LogP contribution < -0.4 is 4.74 Å². The minimum Gasteiger partial charge on any atom is -0.497 e. The maximum Gasteiger partial charge on any atom is 0.120 e. The molecule has 0 fully saturated rings. The van der Waals surface area contributed by atoms with Crippen LogP contribution in [0.15, 0.2) is 22.6 Å². The van der Waals surface area contributed by atoms with Gasteiger partial charge in [-0.3, -0.25) is 0 Å². The summed E-state index contributed by atoms with van der Waals surface area (Å²) in [6.07, 6.45) is 0. The number of hydrogen-bond acceptors (Lipinski definition) is 1. The molecule has 0 heterocycles. The van der Waals surface area contributed by atoms with Crippen molar-refractivity contribution >= 4 is 27.5 Å². The summed E-state index contributed by atoms with van der Waals surface area (Å²) in [5, 5.41) is -0.153. The third-order valence-electron chi connectivity index (χ3n) is 0.804. The number of methoxy groups -OCH3 is 1. The highest BCUT2D eigenvalue weighted by Gasteiger charge is 1.96. The van der Waals surface area contributed by atoms with E-state index in [1.165, 1.54) is 0 Å². The van der Waals surface area contributed by atoms with Crippen LogP contribution in [0.3, 0.4) is 0 Å². The molecule has 1 rings (SSSR count). The van der Waals surface area contributed by atoms with E-state index in [4.69, 9.17) is 19.8 Å². The number of hydrogen-bond donors (Lipinski definition) is 0. The van der Waals surface area contributed by atoms with E-state index >= 15 is 0 Å². The molecule has 0 spiro atoms. The Kier molecular flexibility index (Phi) is 0.989. The zero-order valence-electron chi connectivity index (χ0n) is 10.7. The topological polar surface area (TPSA) is 9.23 Å². The van der Waals surface area contributed by atoms with Gasteiger partial charge in [-0.05, 0) is 34.1 Å². The minimum atomic E-state index is -2.78. The van der Waals surface area contributed by atoms with Crippen LogP contribution in [0.5, 0.6) is 5.75 Å². The Labute approximate surface area is 81.5 Å². The van der Waals surface area contributed by atoms with Crippen LogP contribution in [-0.2, 0) is 0 Å². The predicted molar refractivity (Wildman–Crippen MR) is 45.7 cm³/mol. The lowest BCUT2D eigenvalue weighted by atomic mass is 10.3. The van der Waals surface area contributed by atoms with Crippen molar-refractivity contribution in [2.24, 2.45) is 0 Å². The van der Waals surface area contributed by atoms with Gasteiger partial charge in [0.05, 0.1) is 20.3 Å². The summed E-state index contributed by atoms with van der Waals surface area (Å²) in [7, 11) is -2.78. The Morgan fingerprint density at radius 1 is 1.80 bits per heavy atom. The van der Waals surface area contributed by atoms with Gasteiger partial charge in [-0.1, -0.05) is 11.6 Å². The molecule has 1 aromatic carbocycles. The summed E-state index contributed by atoms with van der Waals surface area (Å²) >= 11 is 8.63. The number of rotatable bonds is 1. The van der Waals surface area contributed by atoms with Gasteiger partial charge >= 0.3 is 0 Å². The van der Waals surface area contributed by atoms with Crippen molar-refractivity contribution in [2.75, 3.05) is 7.04 Å². The largest absolute Gasteiger partial charge is 0.497 e. The third kappa shape index (κ3) is 1.64. The van der Waals surface area contributed by atoms with Gasteiger partial charge < -0.3 is 4.74 Å². The molecular formula is C7H6BrClO. The Hall–Kier alpha value is -0.210. The molecule has 54 valence electrons. The Morgan fingerprint density at radius 2 is 2.60 bits per heavy atom. The Morgan fingerprint density at radius 3 is 3.30 bits per heavy atom. The van der Waals surface area contributed by atoms with Gasteiger partial charge in [0.1, 0.15) is 5.75 Å². The van der Waals surface area contributed by atoms with Crippen LogP contribution in [0, 0.1) is 0 Å². The molecule has 1 nitrogen and oxygen atoms in total. The quantitative estimate of drug-likeness (QED) is 0.716. The van der Waals surface area contributed by atoms with Crippen LogP contribution in [0.1, 0.15) is 8.22 Å². The zero-order chi connectivity index (χ0) is 12.7. The maximum absolute atomic E-state index is 7.51. The number of halogens is 2. The van der Waals surface area contributed by atoms with E-state index in [0.717, 1.165) is 0 Å². The van der Waals surface area contributed by atoms with E-state index in [2.05, 4.69) is 20.7 Å². The second-order valence-corrected chi connectivity index (χ2v) is 2.61. The van der Waals surface area contributed by atoms with Gasteiger partial charge in [0, 0.05) is 4.47 Å². The molecular weight excluding hydrogens is 215 g/mol. The third-order valence-corrected chi connectivity index (χ3v) is 1.91. The van der Waals surface area contributed by atoms with Crippen molar-refractivity contribution in [3.05, 3.63) is 27.6 Å². The summed E-state index contributed by atoms with van der Waals surface area (Å²) in [6, 6.07) is -1.23. The molecule has 0 aromatic heterocycles. The summed E-state index contributed by atoms with van der Waals surface area (Å²) in [5.41, 5.74) is 0. The molecule has 0 radical (unpaired) electrons. The molecule has 0 N–H and O–H groups in total. The van der Waals surface area contributed by atoms with Gasteiger partial charge in [0.2, 0.25) is 0 Å². The SMILES string of the molecule is [2H]c1c([2H])c(OC([2H])([2H])[2H])c([2H])c(Cl)c1Br. The first-order chi connectivity index (χ1) is 7.15. The molecule has 0 aliphatic rings. The van der Waals surface area contributed by atoms with Crippen molar-refractivity contribution < 1.29 is 13.0 Å². The highest BCUT2D eigenvalue weighted by molar-refractivity contribution is 9.10. The highest BCUT2D eigenvalue weighted by Crippen LogP contribution is 2.26. The predicted octanol–water partition coefficient (Wildman–Crippen LogP) is 3.11. The van der Waals surface area contributed by atoms with Crippen LogP contribution in [0.25, 0.3) is 0 Å². The van der Waals surface area contributed by atoms with Crippen molar-refractivity contribution in [3.8, 4) is 5.75 Å². The van der Waals surface area contributed by atoms with E-state index in [9.17, 15) is 0 Å². The van der Waals surface area contributed by atoms with Gasteiger partial charge in [0.15, 0.2) is 0 Å². The molecule has 0 unspecified atom stereocenters. The van der Waals surface area contributed by atoms with Gasteiger partial charge in [-0.2, -0.15) is 0 Å². The molecule has 0 saturated heterocycles. The standard InChI is InChI=1S/C7H6BrClO/c1-10-5-2-3-6(8)7(9)4-5/h2-4H,1H3/i1D3,2D,3D,4D. The fraction of sp³-hybridized carbons (Fsp3) is 0.143. The van der Waals surface area contributed by atoms with Gasteiger partial charge in [-0.15, -0.1) is 0 Å². The highest BCUT2D eigenvalue weighted by atomic mass is 79.9. The van der Waals surface area contributed by atoms with E-state index in [1.807, 2.05) is 0 Å². The van der Waals surface area contributed by atoms with E-state index < -0.39 is 24.9 Å². The Balaban J connectivity index is 3.40. The van der Waals surface area contributed by atoms with E-state index in [1.54, 1.807) is 0 Å². The first kappa shape index (κ1) is 3.03. The number of ether oxygens (including phenoxy) is 1. The summed E-state index contributed by atoms with van der Waals surface area (Å²) in [5.74, 6) is -0.516. The molecule has 0 bridgehead atoms. The van der Waals surface area contributed by atoms with Crippen molar-refractivity contribution in [1.82, 2.24) is 0 Å². The maximum atomic E-state index is 7.51.